The first-order valence-corrected chi connectivity index (χ1v) is 6.49. The van der Waals surface area contributed by atoms with Gasteiger partial charge in [-0.2, -0.15) is 0 Å². The van der Waals surface area contributed by atoms with Gasteiger partial charge in [0.1, 0.15) is 0 Å². The molecule has 2 aliphatic heterocycles. The largest absolute Gasteiger partial charge is 0.202 e. The molecular formula is C5H14N4P2. The van der Waals surface area contributed by atoms with Crippen molar-refractivity contribution in [1.82, 2.24) is 19.1 Å². The van der Waals surface area contributed by atoms with E-state index in [0.717, 1.165) is 0 Å². The minimum absolute atomic E-state index is 0.0226. The highest BCUT2D eigenvalue weighted by Crippen LogP contribution is 2.73. The second-order valence-corrected chi connectivity index (χ2v) is 7.78. The molecule has 64 valence electrons. The lowest BCUT2D eigenvalue weighted by atomic mass is 11.4. The molecule has 0 unspecified atom stereocenters. The van der Waals surface area contributed by atoms with Crippen molar-refractivity contribution < 1.29 is 0 Å². The van der Waals surface area contributed by atoms with Gasteiger partial charge in [0.25, 0.3) is 0 Å². The summed E-state index contributed by atoms with van der Waals surface area (Å²) >= 11 is 0. The van der Waals surface area contributed by atoms with Gasteiger partial charge in [-0.15, -0.1) is 0 Å². The lowest BCUT2D eigenvalue weighted by molar-refractivity contribution is 0.159. The maximum atomic E-state index is 2.39. The molecule has 0 atom stereocenters. The highest BCUT2D eigenvalue weighted by molar-refractivity contribution is 7.75. The molecule has 0 amide bonds. The first-order chi connectivity index (χ1) is 5.13. The molecule has 2 fully saturated rings. The van der Waals surface area contributed by atoms with Crippen molar-refractivity contribution in [3.05, 3.63) is 0 Å². The van der Waals surface area contributed by atoms with Crippen molar-refractivity contribution in [3.63, 3.8) is 0 Å². The Morgan fingerprint density at radius 2 is 1.00 bits per heavy atom. The average Bonchev–Trinajstić information content (AvgIpc) is 2.40. The maximum Gasteiger partial charge on any atom is 0.0754 e. The molecular weight excluding hydrogens is 178 g/mol. The van der Waals surface area contributed by atoms with Gasteiger partial charge in [-0.1, -0.05) is 0 Å². The summed E-state index contributed by atoms with van der Waals surface area (Å²) < 4.78 is 9.56. The van der Waals surface area contributed by atoms with E-state index in [1.807, 2.05) is 0 Å². The third-order valence-corrected chi connectivity index (χ3v) is 8.48. The summed E-state index contributed by atoms with van der Waals surface area (Å²) in [5.41, 5.74) is 0. The Morgan fingerprint density at radius 1 is 0.727 bits per heavy atom. The first-order valence-electron chi connectivity index (χ1n) is 3.62. The van der Waals surface area contributed by atoms with Crippen LogP contribution in [0.15, 0.2) is 0 Å². The summed E-state index contributed by atoms with van der Waals surface area (Å²) in [4.78, 5) is 0. The van der Waals surface area contributed by atoms with Gasteiger partial charge < -0.3 is 0 Å². The van der Waals surface area contributed by atoms with Gasteiger partial charge in [-0.3, -0.25) is 0 Å². The third-order valence-electron chi connectivity index (χ3n) is 2.43. The predicted molar refractivity (Wildman–Crippen MR) is 49.8 cm³/mol. The van der Waals surface area contributed by atoms with E-state index in [4.69, 9.17) is 0 Å². The fourth-order valence-corrected chi connectivity index (χ4v) is 8.34. The van der Waals surface area contributed by atoms with E-state index in [1.54, 1.807) is 0 Å². The highest BCUT2D eigenvalue weighted by atomic mass is 31.2. The van der Waals surface area contributed by atoms with Crippen LogP contribution >= 0.6 is 16.4 Å². The van der Waals surface area contributed by atoms with Gasteiger partial charge in [-0.05, 0) is 0 Å². The van der Waals surface area contributed by atoms with Crippen LogP contribution in [0.1, 0.15) is 0 Å². The molecule has 0 aromatic heterocycles. The number of fused-ring (bicyclic) bond motifs is 2. The molecule has 0 radical (unpaired) electrons. The fourth-order valence-electron chi connectivity index (χ4n) is 1.45. The van der Waals surface area contributed by atoms with Crippen LogP contribution in [0.2, 0.25) is 0 Å². The van der Waals surface area contributed by atoms with Crippen LogP contribution in [0.4, 0.5) is 0 Å². The molecule has 0 spiro atoms. The van der Waals surface area contributed by atoms with Gasteiger partial charge in [0.15, 0.2) is 0 Å². The molecule has 11 heavy (non-hydrogen) atoms. The molecule has 2 bridgehead atoms. The standard InChI is InChI=1S/C5H14N4P2/c1-6-7(2)11-5-10(6)8(3)9(11)4/h5H2,1-4H3. The maximum absolute atomic E-state index is 2.39. The summed E-state index contributed by atoms with van der Waals surface area (Å²) in [5.74, 6) is 1.37. The topological polar surface area (TPSA) is 13.0 Å². The van der Waals surface area contributed by atoms with Crippen LogP contribution in [0.3, 0.4) is 0 Å². The Balaban J connectivity index is 2.21. The van der Waals surface area contributed by atoms with Gasteiger partial charge in [0.2, 0.25) is 0 Å². The average molecular weight is 192 g/mol. The van der Waals surface area contributed by atoms with E-state index in [1.165, 1.54) is 5.90 Å². The summed E-state index contributed by atoms with van der Waals surface area (Å²) in [6, 6.07) is 0. The molecule has 2 saturated heterocycles. The summed E-state index contributed by atoms with van der Waals surface area (Å²) in [6.45, 7) is 0. The zero-order valence-electron chi connectivity index (χ0n) is 7.39. The molecule has 0 N–H and O–H groups in total. The highest BCUT2D eigenvalue weighted by Gasteiger charge is 2.48. The molecule has 0 aromatic carbocycles. The van der Waals surface area contributed by atoms with E-state index < -0.39 is 0 Å². The third kappa shape index (κ3) is 0.983. The molecule has 0 aromatic rings. The summed E-state index contributed by atoms with van der Waals surface area (Å²) in [7, 11) is 8.72. The minimum Gasteiger partial charge on any atom is -0.202 e. The molecule has 2 heterocycles. The second kappa shape index (κ2) is 2.59. The van der Waals surface area contributed by atoms with Gasteiger partial charge in [0, 0.05) is 34.1 Å². The second-order valence-electron chi connectivity index (χ2n) is 2.84. The number of rotatable bonds is 0. The molecule has 0 saturated carbocycles. The van der Waals surface area contributed by atoms with E-state index >= 15 is 0 Å². The van der Waals surface area contributed by atoms with Crippen molar-refractivity contribution >= 4 is 16.4 Å². The van der Waals surface area contributed by atoms with E-state index in [2.05, 4.69) is 47.3 Å². The van der Waals surface area contributed by atoms with Gasteiger partial charge in [0.05, 0.1) is 16.4 Å². The molecule has 0 aliphatic carbocycles. The normalized spacial score (nSPS) is 42.5. The molecule has 2 aliphatic rings. The van der Waals surface area contributed by atoms with Crippen LogP contribution in [0.25, 0.3) is 0 Å². The first kappa shape index (κ1) is 8.31. The summed E-state index contributed by atoms with van der Waals surface area (Å²) in [5, 5.41) is 0. The van der Waals surface area contributed by atoms with Crippen molar-refractivity contribution in [2.24, 2.45) is 0 Å². The monoisotopic (exact) mass is 192 g/mol. The van der Waals surface area contributed by atoms with Gasteiger partial charge in [-0.25, -0.2) is 19.1 Å². The van der Waals surface area contributed by atoms with Crippen LogP contribution in [0, 0.1) is 0 Å². The van der Waals surface area contributed by atoms with Crippen LogP contribution in [-0.4, -0.2) is 53.2 Å². The molecule has 4 nitrogen and oxygen atoms in total. The quantitative estimate of drug-likeness (QED) is 0.534. The Bertz CT molecular complexity index is 144. The zero-order valence-corrected chi connectivity index (χ0v) is 9.18. The van der Waals surface area contributed by atoms with E-state index in [-0.39, 0.29) is 16.4 Å². The van der Waals surface area contributed by atoms with Crippen molar-refractivity contribution in [1.29, 1.82) is 0 Å². The smallest absolute Gasteiger partial charge is 0.0754 e. The Hall–Kier alpha value is 0.700. The Morgan fingerprint density at radius 3 is 1.18 bits per heavy atom. The number of hydrogen-bond acceptors (Lipinski definition) is 4. The fraction of sp³-hybridized carbons (Fsp3) is 1.00. The van der Waals surface area contributed by atoms with Crippen LogP contribution in [-0.2, 0) is 0 Å². The molecule has 6 heteroatoms. The van der Waals surface area contributed by atoms with Gasteiger partial charge >= 0.3 is 0 Å². The van der Waals surface area contributed by atoms with E-state index in [0.29, 0.717) is 0 Å². The van der Waals surface area contributed by atoms with Crippen molar-refractivity contribution in [2.75, 3.05) is 34.1 Å². The van der Waals surface area contributed by atoms with Crippen molar-refractivity contribution in [3.8, 4) is 0 Å². The van der Waals surface area contributed by atoms with Crippen molar-refractivity contribution in [2.45, 2.75) is 0 Å². The van der Waals surface area contributed by atoms with Crippen LogP contribution in [0.5, 0.6) is 0 Å². The SMILES string of the molecule is CN1N(C)P2CP1N(C)N2C. The minimum atomic E-state index is -0.0226. The number of hydrazine groups is 2. The lowest BCUT2D eigenvalue weighted by Gasteiger charge is -2.42. The predicted octanol–water partition coefficient (Wildman–Crippen LogP) is 1.15. The number of hydrogen-bond donors (Lipinski definition) is 0. The summed E-state index contributed by atoms with van der Waals surface area (Å²) in [6.07, 6.45) is 0. The molecule has 2 rings (SSSR count). The Kier molecular flexibility index (Phi) is 1.96. The lowest BCUT2D eigenvalue weighted by Crippen LogP contribution is -2.39. The Labute approximate surface area is 70.4 Å². The zero-order chi connectivity index (χ0) is 8.17. The number of nitrogens with zero attached hydrogens (tertiary/aromatic N) is 4. The van der Waals surface area contributed by atoms with Crippen LogP contribution < -0.4 is 0 Å². The van der Waals surface area contributed by atoms with E-state index in [9.17, 15) is 0 Å².